The summed E-state index contributed by atoms with van der Waals surface area (Å²) < 4.78 is 0. The molecule has 26 heavy (non-hydrogen) atoms. The van der Waals surface area contributed by atoms with Crippen LogP contribution in [0.15, 0.2) is 18.2 Å². The largest absolute Gasteiger partial charge is 0.368 e. The van der Waals surface area contributed by atoms with Crippen LogP contribution in [0.2, 0.25) is 0 Å². The third-order valence-electron chi connectivity index (χ3n) is 6.38. The molecule has 0 radical (unpaired) electrons. The number of amides is 1. The van der Waals surface area contributed by atoms with Gasteiger partial charge < -0.3 is 9.80 Å². The number of carbonyl (C=O) groups is 1. The minimum Gasteiger partial charge on any atom is -0.368 e. The molecule has 144 valence electrons. The number of anilines is 1. The van der Waals surface area contributed by atoms with Gasteiger partial charge in [0, 0.05) is 50.9 Å². The number of nitrogens with zero attached hydrogens (tertiary/aromatic N) is 3. The van der Waals surface area contributed by atoms with Crippen LogP contribution in [-0.4, -0.2) is 61.0 Å². The van der Waals surface area contributed by atoms with Crippen LogP contribution in [0.3, 0.4) is 0 Å². The van der Waals surface area contributed by atoms with Crippen molar-refractivity contribution in [2.24, 2.45) is 0 Å². The average molecular weight is 358 g/mol. The van der Waals surface area contributed by atoms with Gasteiger partial charge in [0.25, 0.3) is 0 Å². The molecule has 1 unspecified atom stereocenters. The zero-order valence-corrected chi connectivity index (χ0v) is 16.8. The summed E-state index contributed by atoms with van der Waals surface area (Å²) in [4.78, 5) is 19.7. The van der Waals surface area contributed by atoms with E-state index in [1.165, 1.54) is 49.0 Å². The van der Waals surface area contributed by atoms with Crippen LogP contribution in [0.1, 0.15) is 50.2 Å². The molecule has 1 amide bonds. The molecule has 0 spiro atoms. The minimum atomic E-state index is 0.339. The Labute approximate surface area is 159 Å². The highest BCUT2D eigenvalue weighted by Gasteiger charge is 2.25. The van der Waals surface area contributed by atoms with Crippen molar-refractivity contribution in [2.45, 2.75) is 58.9 Å². The molecule has 2 aliphatic heterocycles. The molecule has 0 aliphatic carbocycles. The normalized spacial score (nSPS) is 21.9. The Morgan fingerprint density at radius 3 is 2.58 bits per heavy atom. The van der Waals surface area contributed by atoms with Gasteiger partial charge >= 0.3 is 0 Å². The third-order valence-corrected chi connectivity index (χ3v) is 6.38. The SMILES string of the molecule is CCC1CCCCN1CCC(=O)N1CCN(c2cccc(C)c2C)CC1. The van der Waals surface area contributed by atoms with E-state index in [0.717, 1.165) is 32.7 Å². The Morgan fingerprint density at radius 1 is 1.08 bits per heavy atom. The molecule has 1 atom stereocenters. The zero-order chi connectivity index (χ0) is 18.5. The van der Waals surface area contributed by atoms with Gasteiger partial charge in [0.2, 0.25) is 5.91 Å². The summed E-state index contributed by atoms with van der Waals surface area (Å²) in [6, 6.07) is 7.21. The zero-order valence-electron chi connectivity index (χ0n) is 16.8. The molecule has 1 aromatic carbocycles. The number of hydrogen-bond acceptors (Lipinski definition) is 3. The second kappa shape index (κ2) is 8.90. The summed E-state index contributed by atoms with van der Waals surface area (Å²) in [5.74, 6) is 0.339. The summed E-state index contributed by atoms with van der Waals surface area (Å²) in [6.07, 6.45) is 5.84. The molecule has 0 bridgehead atoms. The van der Waals surface area contributed by atoms with Gasteiger partial charge in [0.05, 0.1) is 0 Å². The molecular weight excluding hydrogens is 322 g/mol. The van der Waals surface area contributed by atoms with Crippen molar-refractivity contribution in [2.75, 3.05) is 44.2 Å². The van der Waals surface area contributed by atoms with Gasteiger partial charge in [-0.1, -0.05) is 25.5 Å². The quantitative estimate of drug-likeness (QED) is 0.805. The van der Waals surface area contributed by atoms with Gasteiger partial charge in [0.1, 0.15) is 0 Å². The summed E-state index contributed by atoms with van der Waals surface area (Å²) >= 11 is 0. The lowest BCUT2D eigenvalue weighted by Crippen LogP contribution is -2.50. The van der Waals surface area contributed by atoms with Crippen molar-refractivity contribution in [1.82, 2.24) is 9.80 Å². The van der Waals surface area contributed by atoms with Gasteiger partial charge in [-0.3, -0.25) is 9.69 Å². The second-order valence-corrected chi connectivity index (χ2v) is 7.93. The third kappa shape index (κ3) is 4.40. The number of likely N-dealkylation sites (tertiary alicyclic amines) is 1. The van der Waals surface area contributed by atoms with Crippen LogP contribution in [0.4, 0.5) is 5.69 Å². The van der Waals surface area contributed by atoms with Crippen molar-refractivity contribution in [3.05, 3.63) is 29.3 Å². The highest BCUT2D eigenvalue weighted by atomic mass is 16.2. The lowest BCUT2D eigenvalue weighted by Gasteiger charge is -2.38. The van der Waals surface area contributed by atoms with Crippen LogP contribution < -0.4 is 4.90 Å². The van der Waals surface area contributed by atoms with Gasteiger partial charge in [0.15, 0.2) is 0 Å². The predicted molar refractivity (Wildman–Crippen MR) is 109 cm³/mol. The van der Waals surface area contributed by atoms with Crippen molar-refractivity contribution in [1.29, 1.82) is 0 Å². The molecular formula is C22H35N3O. The fourth-order valence-electron chi connectivity index (χ4n) is 4.49. The summed E-state index contributed by atoms with van der Waals surface area (Å²) in [5.41, 5.74) is 4.03. The summed E-state index contributed by atoms with van der Waals surface area (Å²) in [7, 11) is 0. The number of aryl methyl sites for hydroxylation is 1. The lowest BCUT2D eigenvalue weighted by molar-refractivity contribution is -0.132. The van der Waals surface area contributed by atoms with E-state index >= 15 is 0 Å². The number of hydrogen-bond donors (Lipinski definition) is 0. The number of rotatable bonds is 5. The van der Waals surface area contributed by atoms with Crippen LogP contribution in [-0.2, 0) is 4.79 Å². The Hall–Kier alpha value is -1.55. The molecule has 0 saturated carbocycles. The minimum absolute atomic E-state index is 0.339. The molecule has 2 heterocycles. The Kier molecular flexibility index (Phi) is 6.58. The highest BCUT2D eigenvalue weighted by Crippen LogP contribution is 2.24. The lowest BCUT2D eigenvalue weighted by atomic mass is 10.00. The number of piperidine rings is 1. The monoisotopic (exact) mass is 357 g/mol. The first-order chi connectivity index (χ1) is 12.6. The molecule has 2 fully saturated rings. The number of benzene rings is 1. The molecule has 2 saturated heterocycles. The number of carbonyl (C=O) groups excluding carboxylic acids is 1. The fraction of sp³-hybridized carbons (Fsp3) is 0.682. The van der Waals surface area contributed by atoms with Crippen molar-refractivity contribution in [3.63, 3.8) is 0 Å². The molecule has 1 aromatic rings. The van der Waals surface area contributed by atoms with E-state index in [1.807, 2.05) is 0 Å². The smallest absolute Gasteiger partial charge is 0.223 e. The predicted octanol–water partition coefficient (Wildman–Crippen LogP) is 3.61. The van der Waals surface area contributed by atoms with Crippen LogP contribution in [0.25, 0.3) is 0 Å². The van der Waals surface area contributed by atoms with E-state index in [9.17, 15) is 4.79 Å². The average Bonchev–Trinajstić information content (AvgIpc) is 2.68. The Balaban J connectivity index is 1.48. The van der Waals surface area contributed by atoms with Crippen LogP contribution in [0.5, 0.6) is 0 Å². The maximum atomic E-state index is 12.7. The van der Waals surface area contributed by atoms with E-state index in [1.54, 1.807) is 0 Å². The molecule has 0 aromatic heterocycles. The maximum Gasteiger partial charge on any atom is 0.223 e. The van der Waals surface area contributed by atoms with Crippen LogP contribution >= 0.6 is 0 Å². The first-order valence-corrected chi connectivity index (χ1v) is 10.4. The highest BCUT2D eigenvalue weighted by molar-refractivity contribution is 5.76. The van der Waals surface area contributed by atoms with E-state index < -0.39 is 0 Å². The van der Waals surface area contributed by atoms with E-state index in [2.05, 4.69) is 53.7 Å². The van der Waals surface area contributed by atoms with Crippen molar-refractivity contribution in [3.8, 4) is 0 Å². The Morgan fingerprint density at radius 2 is 1.85 bits per heavy atom. The van der Waals surface area contributed by atoms with Crippen LogP contribution in [0, 0.1) is 13.8 Å². The van der Waals surface area contributed by atoms with Gasteiger partial charge in [-0.15, -0.1) is 0 Å². The Bertz CT molecular complexity index is 607. The number of piperazine rings is 1. The summed E-state index contributed by atoms with van der Waals surface area (Å²) in [5, 5.41) is 0. The van der Waals surface area contributed by atoms with E-state index in [-0.39, 0.29) is 0 Å². The van der Waals surface area contributed by atoms with E-state index in [4.69, 9.17) is 0 Å². The molecule has 0 N–H and O–H groups in total. The summed E-state index contributed by atoms with van der Waals surface area (Å²) in [6.45, 7) is 12.3. The molecule has 4 heteroatoms. The first-order valence-electron chi connectivity index (χ1n) is 10.4. The molecule has 3 rings (SSSR count). The maximum absolute atomic E-state index is 12.7. The second-order valence-electron chi connectivity index (χ2n) is 7.93. The van der Waals surface area contributed by atoms with Gasteiger partial charge in [-0.05, 0) is 56.8 Å². The standard InChI is InChI=1S/C22H35N3O/c1-4-20-9-5-6-12-23(20)13-11-22(26)25-16-14-24(15-17-25)21-10-7-8-18(2)19(21)3/h7-8,10,20H,4-6,9,11-17H2,1-3H3. The van der Waals surface area contributed by atoms with Gasteiger partial charge in [-0.2, -0.15) is 0 Å². The fourth-order valence-corrected chi connectivity index (χ4v) is 4.49. The van der Waals surface area contributed by atoms with Crippen molar-refractivity contribution >= 4 is 11.6 Å². The molecule has 2 aliphatic rings. The molecule has 4 nitrogen and oxygen atoms in total. The van der Waals surface area contributed by atoms with Gasteiger partial charge in [-0.25, -0.2) is 0 Å². The van der Waals surface area contributed by atoms with E-state index in [0.29, 0.717) is 18.4 Å². The van der Waals surface area contributed by atoms with Crippen molar-refractivity contribution < 1.29 is 4.79 Å². The topological polar surface area (TPSA) is 26.8 Å². The first kappa shape index (κ1) is 19.2.